The van der Waals surface area contributed by atoms with Crippen LogP contribution < -0.4 is 15.4 Å². The molecule has 0 bridgehead atoms. The number of unbranched alkanes of at least 4 members (excludes halogenated alkanes) is 1. The number of benzene rings is 2. The number of urea groups is 1. The van der Waals surface area contributed by atoms with Gasteiger partial charge >= 0.3 is 6.03 Å². The van der Waals surface area contributed by atoms with Crippen LogP contribution in [0.1, 0.15) is 18.4 Å². The first-order valence-corrected chi connectivity index (χ1v) is 7.85. The van der Waals surface area contributed by atoms with Crippen LogP contribution in [0.3, 0.4) is 0 Å². The Kier molecular flexibility index (Phi) is 6.84. The van der Waals surface area contributed by atoms with Crippen molar-refractivity contribution in [3.63, 3.8) is 0 Å². The van der Waals surface area contributed by atoms with E-state index in [-0.39, 0.29) is 6.03 Å². The maximum absolute atomic E-state index is 12.1. The minimum atomic E-state index is -0.366. The van der Waals surface area contributed by atoms with Crippen molar-refractivity contribution in [2.24, 2.45) is 0 Å². The second-order valence-electron chi connectivity index (χ2n) is 5.25. The van der Waals surface area contributed by atoms with Gasteiger partial charge in [-0.05, 0) is 36.2 Å². The second-order valence-corrected chi connectivity index (χ2v) is 5.25. The number of nitrogens with zero attached hydrogens (tertiary/aromatic N) is 2. The molecule has 126 valence electrons. The van der Waals surface area contributed by atoms with E-state index in [2.05, 4.69) is 22.8 Å². The summed E-state index contributed by atoms with van der Waals surface area (Å²) >= 11 is 0. The summed E-state index contributed by atoms with van der Waals surface area (Å²) < 4.78 is 5.54. The number of nitrogens with one attached hydrogen (secondary N) is 2. The zero-order chi connectivity index (χ0) is 17.9. The molecule has 25 heavy (non-hydrogen) atoms. The van der Waals surface area contributed by atoms with E-state index < -0.39 is 0 Å². The topological polar surface area (TPSA) is 97.9 Å². The van der Waals surface area contributed by atoms with Crippen LogP contribution in [0.25, 0.3) is 0 Å². The Balaban J connectivity index is 1.87. The number of carbonyl (C=O) groups is 1. The highest BCUT2D eigenvalue weighted by Crippen LogP contribution is 2.18. The summed E-state index contributed by atoms with van der Waals surface area (Å²) in [5, 5.41) is 22.6. The van der Waals surface area contributed by atoms with Crippen molar-refractivity contribution in [3.8, 4) is 17.9 Å². The Bertz CT molecular complexity index is 788. The summed E-state index contributed by atoms with van der Waals surface area (Å²) in [5.74, 6) is 0.636. The quantitative estimate of drug-likeness (QED) is 0.745. The summed E-state index contributed by atoms with van der Waals surface area (Å²) in [6.45, 7) is 0.457. The van der Waals surface area contributed by atoms with E-state index in [1.807, 2.05) is 0 Å². The van der Waals surface area contributed by atoms with E-state index in [4.69, 9.17) is 15.3 Å². The molecule has 0 saturated carbocycles. The summed E-state index contributed by atoms with van der Waals surface area (Å²) in [7, 11) is 0. The van der Waals surface area contributed by atoms with Crippen LogP contribution in [0.5, 0.6) is 5.75 Å². The van der Waals surface area contributed by atoms with Gasteiger partial charge in [-0.25, -0.2) is 4.79 Å². The molecule has 0 saturated heterocycles. The highest BCUT2D eigenvalue weighted by molar-refractivity contribution is 5.99. The molecule has 0 atom stereocenters. The molecule has 0 spiro atoms. The van der Waals surface area contributed by atoms with Crippen LogP contribution in [-0.2, 0) is 6.42 Å². The van der Waals surface area contributed by atoms with Gasteiger partial charge in [0, 0.05) is 23.9 Å². The smallest absolute Gasteiger partial charge is 0.323 e. The van der Waals surface area contributed by atoms with Gasteiger partial charge in [0.1, 0.15) is 5.75 Å². The van der Waals surface area contributed by atoms with Gasteiger partial charge in [0.25, 0.3) is 0 Å². The van der Waals surface area contributed by atoms with Gasteiger partial charge in [0.15, 0.2) is 0 Å². The number of nitriles is 2. The first kappa shape index (κ1) is 17.8. The largest absolute Gasteiger partial charge is 0.493 e. The van der Waals surface area contributed by atoms with Gasteiger partial charge in [-0.1, -0.05) is 18.2 Å². The van der Waals surface area contributed by atoms with E-state index >= 15 is 0 Å². The molecule has 6 nitrogen and oxygen atoms in total. The third-order valence-electron chi connectivity index (χ3n) is 3.29. The van der Waals surface area contributed by atoms with E-state index in [0.29, 0.717) is 43.0 Å². The molecular formula is C19H18N4O2. The van der Waals surface area contributed by atoms with Gasteiger partial charge in [-0.2, -0.15) is 10.5 Å². The lowest BCUT2D eigenvalue weighted by molar-refractivity contribution is 0.262. The normalized spacial score (nSPS) is 9.52. The fourth-order valence-electron chi connectivity index (χ4n) is 2.10. The fourth-order valence-corrected chi connectivity index (χ4v) is 2.10. The zero-order valence-electron chi connectivity index (χ0n) is 13.7. The lowest BCUT2D eigenvalue weighted by atomic mass is 10.1. The van der Waals surface area contributed by atoms with Gasteiger partial charge < -0.3 is 15.4 Å². The first-order chi connectivity index (χ1) is 12.2. The van der Waals surface area contributed by atoms with Crippen molar-refractivity contribution in [2.75, 3.05) is 17.2 Å². The molecule has 0 aromatic heterocycles. The summed E-state index contributed by atoms with van der Waals surface area (Å²) in [6, 6.07) is 17.9. The Hall–Kier alpha value is -3.51. The van der Waals surface area contributed by atoms with Crippen molar-refractivity contribution in [1.29, 1.82) is 10.5 Å². The number of rotatable bonds is 7. The lowest BCUT2D eigenvalue weighted by Gasteiger charge is -2.10. The molecule has 0 fully saturated rings. The summed E-state index contributed by atoms with van der Waals surface area (Å²) in [6.07, 6.45) is 1.46. The van der Waals surface area contributed by atoms with Gasteiger partial charge in [-0.3, -0.25) is 0 Å². The van der Waals surface area contributed by atoms with Gasteiger partial charge in [0.2, 0.25) is 0 Å². The Morgan fingerprint density at radius 1 is 1.00 bits per heavy atom. The minimum absolute atomic E-state index is 0.341. The highest BCUT2D eigenvalue weighted by atomic mass is 16.5. The second kappa shape index (κ2) is 9.59. The molecule has 2 amide bonds. The molecule has 2 aromatic rings. The number of hydrogen-bond donors (Lipinski definition) is 2. The highest BCUT2D eigenvalue weighted by Gasteiger charge is 2.04. The number of ether oxygens (including phenoxy) is 1. The molecule has 0 aliphatic carbocycles. The maximum atomic E-state index is 12.1. The van der Waals surface area contributed by atoms with Crippen LogP contribution >= 0.6 is 0 Å². The molecule has 2 aromatic carbocycles. The SMILES string of the molecule is N#CCCCOc1cccc(NC(=O)Nc2ccc(CC#N)cc2)c1. The third-order valence-corrected chi connectivity index (χ3v) is 3.29. The van der Waals surface area contributed by atoms with Crippen LogP contribution in [0.2, 0.25) is 0 Å². The van der Waals surface area contributed by atoms with Crippen molar-refractivity contribution in [2.45, 2.75) is 19.3 Å². The van der Waals surface area contributed by atoms with Crippen LogP contribution in [0.15, 0.2) is 48.5 Å². The van der Waals surface area contributed by atoms with Crippen molar-refractivity contribution in [3.05, 3.63) is 54.1 Å². The standard InChI is InChI=1S/C19H18N4O2/c20-11-1-2-13-25-18-5-3-4-17(14-18)23-19(24)22-16-8-6-15(7-9-16)10-12-21/h3-9,14H,1-2,10,13H2,(H2,22,23,24). The summed E-state index contributed by atoms with van der Waals surface area (Å²) in [4.78, 5) is 12.1. The molecule has 2 rings (SSSR count). The molecule has 0 aliphatic heterocycles. The predicted molar refractivity (Wildman–Crippen MR) is 95.2 cm³/mol. The molecular weight excluding hydrogens is 316 g/mol. The molecule has 6 heteroatoms. The maximum Gasteiger partial charge on any atom is 0.323 e. The van der Waals surface area contributed by atoms with Crippen molar-refractivity contribution >= 4 is 17.4 Å². The average molecular weight is 334 g/mol. The van der Waals surface area contributed by atoms with Crippen LogP contribution in [0.4, 0.5) is 16.2 Å². The fraction of sp³-hybridized carbons (Fsp3) is 0.211. The zero-order valence-corrected chi connectivity index (χ0v) is 13.7. The minimum Gasteiger partial charge on any atom is -0.493 e. The van der Waals surface area contributed by atoms with E-state index in [9.17, 15) is 4.79 Å². The van der Waals surface area contributed by atoms with Crippen LogP contribution in [0, 0.1) is 22.7 Å². The average Bonchev–Trinajstić information content (AvgIpc) is 2.61. The first-order valence-electron chi connectivity index (χ1n) is 7.85. The lowest BCUT2D eigenvalue weighted by Crippen LogP contribution is -2.19. The monoisotopic (exact) mass is 334 g/mol. The Labute approximate surface area is 146 Å². The molecule has 2 N–H and O–H groups in total. The third kappa shape index (κ3) is 6.25. The summed E-state index contributed by atoms with van der Waals surface area (Å²) in [5.41, 5.74) is 2.15. The van der Waals surface area contributed by atoms with E-state index in [1.54, 1.807) is 48.5 Å². The molecule has 0 aliphatic rings. The molecule has 0 unspecified atom stereocenters. The molecule has 0 radical (unpaired) electrons. The molecule has 0 heterocycles. The number of amides is 2. The number of hydrogen-bond acceptors (Lipinski definition) is 4. The van der Waals surface area contributed by atoms with Crippen molar-refractivity contribution < 1.29 is 9.53 Å². The van der Waals surface area contributed by atoms with Gasteiger partial charge in [-0.15, -0.1) is 0 Å². The van der Waals surface area contributed by atoms with E-state index in [1.165, 1.54) is 0 Å². The van der Waals surface area contributed by atoms with E-state index in [0.717, 1.165) is 5.56 Å². The Morgan fingerprint density at radius 3 is 2.48 bits per heavy atom. The van der Waals surface area contributed by atoms with Crippen molar-refractivity contribution in [1.82, 2.24) is 0 Å². The number of carbonyl (C=O) groups excluding carboxylic acids is 1. The van der Waals surface area contributed by atoms with Gasteiger partial charge in [0.05, 0.1) is 25.2 Å². The Morgan fingerprint density at radius 2 is 1.76 bits per heavy atom. The van der Waals surface area contributed by atoms with Crippen LogP contribution in [-0.4, -0.2) is 12.6 Å². The number of anilines is 2. The predicted octanol–water partition coefficient (Wildman–Crippen LogP) is 4.08.